The Bertz CT molecular complexity index is 1060. The van der Waals surface area contributed by atoms with Crippen molar-refractivity contribution in [2.24, 2.45) is 11.3 Å². The molecule has 0 unspecified atom stereocenters. The molecule has 0 aliphatic carbocycles. The van der Waals surface area contributed by atoms with Gasteiger partial charge in [0.25, 0.3) is 10.0 Å². The molecule has 2 aromatic carbocycles. The number of ether oxygens (including phenoxy) is 2. The summed E-state index contributed by atoms with van der Waals surface area (Å²) in [6.07, 6.45) is 0.872. The first-order valence-corrected chi connectivity index (χ1v) is 12.4. The normalized spacial score (nSPS) is 15.7. The maximum Gasteiger partial charge on any atom is 0.261 e. The molecule has 1 heterocycles. The maximum absolute atomic E-state index is 13.2. The molecule has 1 aliphatic rings. The minimum atomic E-state index is -3.81. The van der Waals surface area contributed by atoms with Crippen LogP contribution >= 0.6 is 0 Å². The number of sulfonamides is 1. The molecule has 0 aromatic heterocycles. The lowest BCUT2D eigenvalue weighted by molar-refractivity contribution is -0.127. The van der Waals surface area contributed by atoms with E-state index in [0.717, 1.165) is 6.42 Å². The zero-order valence-corrected chi connectivity index (χ0v) is 20.2. The molecule has 32 heavy (non-hydrogen) atoms. The van der Waals surface area contributed by atoms with E-state index >= 15 is 0 Å². The fraction of sp³-hybridized carbons (Fsp3) is 0.458. The lowest BCUT2D eigenvalue weighted by Crippen LogP contribution is -2.43. The summed E-state index contributed by atoms with van der Waals surface area (Å²) in [5, 5.41) is 0. The lowest BCUT2D eigenvalue weighted by Gasteiger charge is -2.29. The monoisotopic (exact) mass is 460 g/mol. The van der Waals surface area contributed by atoms with E-state index < -0.39 is 15.4 Å². The third-order valence-electron chi connectivity index (χ3n) is 5.07. The molecular formula is C24H32N2O5S. The first-order chi connectivity index (χ1) is 15.0. The van der Waals surface area contributed by atoms with Gasteiger partial charge < -0.3 is 14.4 Å². The van der Waals surface area contributed by atoms with Gasteiger partial charge in [-0.3, -0.25) is 9.52 Å². The van der Waals surface area contributed by atoms with Crippen LogP contribution < -0.4 is 19.1 Å². The molecule has 0 bridgehead atoms. The molecule has 2 aromatic rings. The number of rotatable bonds is 8. The average Bonchev–Trinajstić information content (AvgIpc) is 2.82. The highest BCUT2D eigenvalue weighted by Gasteiger charge is 2.38. The summed E-state index contributed by atoms with van der Waals surface area (Å²) in [4.78, 5) is 15.0. The largest absolute Gasteiger partial charge is 0.494 e. The van der Waals surface area contributed by atoms with Crippen molar-refractivity contribution in [3.05, 3.63) is 42.5 Å². The van der Waals surface area contributed by atoms with Crippen LogP contribution in [-0.2, 0) is 14.8 Å². The second-order valence-electron chi connectivity index (χ2n) is 9.09. The summed E-state index contributed by atoms with van der Waals surface area (Å²) in [6.45, 7) is 11.1. The molecule has 0 radical (unpaired) electrons. The van der Waals surface area contributed by atoms with Gasteiger partial charge in [0.05, 0.1) is 28.3 Å². The molecule has 0 fully saturated rings. The Balaban J connectivity index is 1.90. The van der Waals surface area contributed by atoms with E-state index in [9.17, 15) is 13.2 Å². The fourth-order valence-electron chi connectivity index (χ4n) is 3.40. The number of anilines is 2. The van der Waals surface area contributed by atoms with Gasteiger partial charge in [-0.2, -0.15) is 0 Å². The Hall–Kier alpha value is -2.74. The van der Waals surface area contributed by atoms with E-state index in [0.29, 0.717) is 36.0 Å². The van der Waals surface area contributed by atoms with Gasteiger partial charge in [-0.1, -0.05) is 20.8 Å². The number of hydrogen-bond acceptors (Lipinski definition) is 5. The minimum Gasteiger partial charge on any atom is -0.494 e. The second-order valence-corrected chi connectivity index (χ2v) is 10.8. The quantitative estimate of drug-likeness (QED) is 0.618. The Morgan fingerprint density at radius 1 is 1.16 bits per heavy atom. The molecule has 1 aliphatic heterocycles. The molecular weight excluding hydrogens is 428 g/mol. The topological polar surface area (TPSA) is 84.9 Å². The highest BCUT2D eigenvalue weighted by molar-refractivity contribution is 7.92. The summed E-state index contributed by atoms with van der Waals surface area (Å²) < 4.78 is 39.9. The smallest absolute Gasteiger partial charge is 0.261 e. The average molecular weight is 461 g/mol. The highest BCUT2D eigenvalue weighted by atomic mass is 32.2. The van der Waals surface area contributed by atoms with E-state index in [1.54, 1.807) is 35.2 Å². The van der Waals surface area contributed by atoms with Crippen LogP contribution in [0.15, 0.2) is 47.4 Å². The van der Waals surface area contributed by atoms with Crippen LogP contribution in [0.1, 0.15) is 41.0 Å². The SMILES string of the molecule is CCCOc1ccc(S(=O)(=O)Nc2ccc3c(c2)N(CC(C)C)C(=O)C(C)(C)CO3)cc1. The molecule has 7 nitrogen and oxygen atoms in total. The van der Waals surface area contributed by atoms with Crippen molar-refractivity contribution in [1.82, 2.24) is 0 Å². The zero-order chi connectivity index (χ0) is 23.5. The van der Waals surface area contributed by atoms with Gasteiger partial charge >= 0.3 is 0 Å². The second kappa shape index (κ2) is 9.40. The first kappa shape index (κ1) is 23.9. The van der Waals surface area contributed by atoms with Crippen LogP contribution in [0.3, 0.4) is 0 Å². The van der Waals surface area contributed by atoms with Crippen molar-refractivity contribution in [3.8, 4) is 11.5 Å². The van der Waals surface area contributed by atoms with Crippen LogP contribution in [0.5, 0.6) is 11.5 Å². The Morgan fingerprint density at radius 3 is 2.47 bits per heavy atom. The number of nitrogens with zero attached hydrogens (tertiary/aromatic N) is 1. The van der Waals surface area contributed by atoms with E-state index in [-0.39, 0.29) is 23.3 Å². The summed E-state index contributed by atoms with van der Waals surface area (Å²) in [5.74, 6) is 1.37. The summed E-state index contributed by atoms with van der Waals surface area (Å²) in [5.41, 5.74) is 0.243. The highest BCUT2D eigenvalue weighted by Crippen LogP contribution is 2.39. The third-order valence-corrected chi connectivity index (χ3v) is 6.47. The first-order valence-electron chi connectivity index (χ1n) is 10.9. The van der Waals surface area contributed by atoms with Gasteiger partial charge in [0.1, 0.15) is 18.1 Å². The van der Waals surface area contributed by atoms with Crippen molar-refractivity contribution in [1.29, 1.82) is 0 Å². The predicted molar refractivity (Wildman–Crippen MR) is 126 cm³/mol. The van der Waals surface area contributed by atoms with Crippen LogP contribution in [0.4, 0.5) is 11.4 Å². The Morgan fingerprint density at radius 2 is 1.84 bits per heavy atom. The Labute approximate surface area is 190 Å². The van der Waals surface area contributed by atoms with Gasteiger partial charge in [0, 0.05) is 6.54 Å². The van der Waals surface area contributed by atoms with E-state index in [1.807, 2.05) is 34.6 Å². The van der Waals surface area contributed by atoms with Crippen LogP contribution in [0.2, 0.25) is 0 Å². The molecule has 0 saturated heterocycles. The third kappa shape index (κ3) is 5.35. The van der Waals surface area contributed by atoms with Gasteiger partial charge in [-0.25, -0.2) is 8.42 Å². The van der Waals surface area contributed by atoms with E-state index in [1.165, 1.54) is 12.1 Å². The summed E-state index contributed by atoms with van der Waals surface area (Å²) in [7, 11) is -3.81. The predicted octanol–water partition coefficient (Wildman–Crippen LogP) is 4.68. The van der Waals surface area contributed by atoms with Crippen LogP contribution in [-0.4, -0.2) is 34.1 Å². The molecule has 0 spiro atoms. The van der Waals surface area contributed by atoms with Gasteiger partial charge in [-0.15, -0.1) is 0 Å². The number of carbonyl (C=O) groups is 1. The van der Waals surface area contributed by atoms with Crippen molar-refractivity contribution >= 4 is 27.3 Å². The lowest BCUT2D eigenvalue weighted by atomic mass is 9.92. The molecule has 174 valence electrons. The van der Waals surface area contributed by atoms with Gasteiger partial charge in [-0.05, 0) is 68.7 Å². The van der Waals surface area contributed by atoms with Crippen molar-refractivity contribution in [3.63, 3.8) is 0 Å². The summed E-state index contributed by atoms with van der Waals surface area (Å²) in [6, 6.07) is 11.3. The Kier molecular flexibility index (Phi) is 7.03. The van der Waals surface area contributed by atoms with Crippen LogP contribution in [0, 0.1) is 11.3 Å². The molecule has 1 N–H and O–H groups in total. The molecule has 1 amide bonds. The number of nitrogens with one attached hydrogen (secondary N) is 1. The number of fused-ring (bicyclic) bond motifs is 1. The van der Waals surface area contributed by atoms with Crippen molar-refractivity contribution < 1.29 is 22.7 Å². The number of benzene rings is 2. The van der Waals surface area contributed by atoms with Gasteiger partial charge in [0.2, 0.25) is 5.91 Å². The van der Waals surface area contributed by atoms with E-state index in [2.05, 4.69) is 4.72 Å². The standard InChI is InChI=1S/C24H32N2O5S/c1-6-13-30-19-8-10-20(11-9-19)32(28,29)25-18-7-12-22-21(14-18)26(15-17(2)3)23(27)24(4,5)16-31-22/h7-12,14,17,25H,6,13,15-16H2,1-5H3. The fourth-order valence-corrected chi connectivity index (χ4v) is 4.45. The number of carbonyl (C=O) groups excluding carboxylic acids is 1. The molecule has 8 heteroatoms. The van der Waals surface area contributed by atoms with Crippen LogP contribution in [0.25, 0.3) is 0 Å². The maximum atomic E-state index is 13.2. The number of hydrogen-bond donors (Lipinski definition) is 1. The van der Waals surface area contributed by atoms with E-state index in [4.69, 9.17) is 9.47 Å². The zero-order valence-electron chi connectivity index (χ0n) is 19.3. The number of amides is 1. The summed E-state index contributed by atoms with van der Waals surface area (Å²) >= 11 is 0. The molecule has 0 saturated carbocycles. The van der Waals surface area contributed by atoms with Crippen molar-refractivity contribution in [2.75, 3.05) is 29.4 Å². The van der Waals surface area contributed by atoms with Gasteiger partial charge in [0.15, 0.2) is 0 Å². The molecule has 3 rings (SSSR count). The minimum absolute atomic E-state index is 0.0485. The van der Waals surface area contributed by atoms with Crippen molar-refractivity contribution in [2.45, 2.75) is 45.9 Å². The molecule has 0 atom stereocenters.